The van der Waals surface area contributed by atoms with E-state index in [1.54, 1.807) is 36.0 Å². The maximum Gasteiger partial charge on any atom is 0.239 e. The Bertz CT molecular complexity index is 857. The average Bonchev–Trinajstić information content (AvgIpc) is 2.83. The molecule has 7 nitrogen and oxygen atoms in total. The van der Waals surface area contributed by atoms with Crippen LogP contribution in [0.5, 0.6) is 0 Å². The van der Waals surface area contributed by atoms with Crippen LogP contribution in [0.4, 0.5) is 5.82 Å². The summed E-state index contributed by atoms with van der Waals surface area (Å²) in [6, 6.07) is 8.51. The number of hydrogen-bond donors (Lipinski definition) is 1. The summed E-state index contributed by atoms with van der Waals surface area (Å²) in [5, 5.41) is 7.03. The Morgan fingerprint density at radius 2 is 1.92 bits per heavy atom. The first-order valence-electron chi connectivity index (χ1n) is 7.88. The average molecular weight is 364 g/mol. The number of benzene rings is 1. The van der Waals surface area contributed by atoms with Gasteiger partial charge in [-0.3, -0.25) is 14.4 Å². The monoisotopic (exact) mass is 364 g/mol. The first-order chi connectivity index (χ1) is 11.6. The molecule has 0 aliphatic rings. The van der Waals surface area contributed by atoms with Gasteiger partial charge in [-0.25, -0.2) is 8.42 Å². The van der Waals surface area contributed by atoms with Crippen LogP contribution in [0.25, 0.3) is 0 Å². The normalized spacial score (nSPS) is 13.0. The first-order valence-corrected chi connectivity index (χ1v) is 9.78. The number of rotatable bonds is 6. The molecule has 0 saturated heterocycles. The van der Waals surface area contributed by atoms with Gasteiger partial charge >= 0.3 is 0 Å². The highest BCUT2D eigenvalue weighted by Gasteiger charge is 2.17. The molecule has 1 amide bonds. The molecule has 1 unspecified atom stereocenters. The molecule has 0 aliphatic heterocycles. The van der Waals surface area contributed by atoms with E-state index in [1.165, 1.54) is 6.26 Å². The van der Waals surface area contributed by atoms with Crippen molar-refractivity contribution in [3.05, 3.63) is 41.6 Å². The zero-order chi connectivity index (χ0) is 18.8. The molecular formula is C17H24N4O3S. The van der Waals surface area contributed by atoms with E-state index in [2.05, 4.69) is 10.4 Å². The molecule has 0 radical (unpaired) electrons. The zero-order valence-corrected chi connectivity index (χ0v) is 16.0. The molecular weight excluding hydrogens is 340 g/mol. The third kappa shape index (κ3) is 4.90. The van der Waals surface area contributed by atoms with Crippen molar-refractivity contribution < 1.29 is 13.2 Å². The SMILES string of the molecule is Cc1cc(NC(=O)CN(C)C(C)c2ccc(S(C)(=O)=O)cc2)n(C)n1. The van der Waals surface area contributed by atoms with Crippen LogP contribution in [-0.4, -0.2) is 48.9 Å². The number of nitrogens with one attached hydrogen (secondary N) is 1. The number of hydrogen-bond acceptors (Lipinski definition) is 5. The first kappa shape index (κ1) is 19.1. The van der Waals surface area contributed by atoms with Crippen molar-refractivity contribution in [3.8, 4) is 0 Å². The van der Waals surface area contributed by atoms with Crippen LogP contribution in [0.15, 0.2) is 35.2 Å². The summed E-state index contributed by atoms with van der Waals surface area (Å²) in [7, 11) is 0.419. The maximum absolute atomic E-state index is 12.2. The zero-order valence-electron chi connectivity index (χ0n) is 15.1. The molecule has 1 atom stereocenters. The van der Waals surface area contributed by atoms with E-state index < -0.39 is 9.84 Å². The van der Waals surface area contributed by atoms with E-state index in [0.717, 1.165) is 11.3 Å². The van der Waals surface area contributed by atoms with Crippen LogP contribution in [0, 0.1) is 6.92 Å². The van der Waals surface area contributed by atoms with Gasteiger partial charge in [0.25, 0.3) is 0 Å². The fraction of sp³-hybridized carbons (Fsp3) is 0.412. The molecule has 0 spiro atoms. The number of sulfone groups is 1. The minimum atomic E-state index is -3.21. The predicted octanol–water partition coefficient (Wildman–Crippen LogP) is 1.76. The Balaban J connectivity index is 2.00. The topological polar surface area (TPSA) is 84.3 Å². The van der Waals surface area contributed by atoms with Gasteiger partial charge in [0.05, 0.1) is 17.1 Å². The van der Waals surface area contributed by atoms with Crippen molar-refractivity contribution in [2.75, 3.05) is 25.2 Å². The van der Waals surface area contributed by atoms with E-state index in [0.29, 0.717) is 5.82 Å². The summed E-state index contributed by atoms with van der Waals surface area (Å²) in [5.74, 6) is 0.520. The molecule has 136 valence electrons. The molecule has 0 saturated carbocycles. The van der Waals surface area contributed by atoms with Crippen LogP contribution in [0.2, 0.25) is 0 Å². The lowest BCUT2D eigenvalue weighted by molar-refractivity contribution is -0.117. The van der Waals surface area contributed by atoms with Gasteiger partial charge < -0.3 is 5.32 Å². The predicted molar refractivity (Wildman–Crippen MR) is 97.2 cm³/mol. The number of carbonyl (C=O) groups excluding carboxylic acids is 1. The highest BCUT2D eigenvalue weighted by Crippen LogP contribution is 2.20. The molecule has 2 rings (SSSR count). The lowest BCUT2D eigenvalue weighted by Gasteiger charge is -2.24. The van der Waals surface area contributed by atoms with Crippen LogP contribution in [-0.2, 0) is 21.7 Å². The lowest BCUT2D eigenvalue weighted by atomic mass is 10.1. The second-order valence-corrected chi connectivity index (χ2v) is 8.29. The van der Waals surface area contributed by atoms with E-state index >= 15 is 0 Å². The number of likely N-dealkylation sites (N-methyl/N-ethyl adjacent to an activating group) is 1. The molecule has 25 heavy (non-hydrogen) atoms. The Morgan fingerprint density at radius 3 is 2.40 bits per heavy atom. The number of anilines is 1. The maximum atomic E-state index is 12.2. The van der Waals surface area contributed by atoms with Crippen LogP contribution < -0.4 is 5.32 Å². The Kier molecular flexibility index (Phi) is 5.64. The van der Waals surface area contributed by atoms with Crippen LogP contribution in [0.3, 0.4) is 0 Å². The Labute approximate surface area is 148 Å². The van der Waals surface area contributed by atoms with Crippen molar-refractivity contribution in [2.45, 2.75) is 24.8 Å². The van der Waals surface area contributed by atoms with Gasteiger partial charge in [0.1, 0.15) is 5.82 Å². The van der Waals surface area contributed by atoms with E-state index in [-0.39, 0.29) is 23.4 Å². The third-order valence-corrected chi connectivity index (χ3v) is 5.24. The third-order valence-electron chi connectivity index (χ3n) is 4.11. The summed E-state index contributed by atoms with van der Waals surface area (Å²) in [6.07, 6.45) is 1.18. The number of aromatic nitrogens is 2. The quantitative estimate of drug-likeness (QED) is 0.844. The highest BCUT2D eigenvalue weighted by molar-refractivity contribution is 7.90. The lowest BCUT2D eigenvalue weighted by Crippen LogP contribution is -2.32. The molecule has 1 heterocycles. The summed E-state index contributed by atoms with van der Waals surface area (Å²) in [4.78, 5) is 14.4. The smallest absolute Gasteiger partial charge is 0.239 e. The Morgan fingerprint density at radius 1 is 1.32 bits per heavy atom. The standard InChI is InChI=1S/C17H24N4O3S/c1-12-10-16(21(4)19-12)18-17(22)11-20(3)13(2)14-6-8-15(9-7-14)25(5,23)24/h6-10,13H,11H2,1-5H3,(H,18,22). The second kappa shape index (κ2) is 7.37. The van der Waals surface area contributed by atoms with E-state index in [1.807, 2.05) is 31.9 Å². The van der Waals surface area contributed by atoms with Gasteiger partial charge in [0, 0.05) is 25.4 Å². The minimum absolute atomic E-state index is 0.0346. The summed E-state index contributed by atoms with van der Waals surface area (Å²) < 4.78 is 24.7. The fourth-order valence-electron chi connectivity index (χ4n) is 2.52. The summed E-state index contributed by atoms with van der Waals surface area (Å²) in [6.45, 7) is 4.04. The van der Waals surface area contributed by atoms with Gasteiger partial charge in [-0.1, -0.05) is 12.1 Å². The van der Waals surface area contributed by atoms with Gasteiger partial charge in [0.2, 0.25) is 5.91 Å². The van der Waals surface area contributed by atoms with E-state index in [9.17, 15) is 13.2 Å². The number of nitrogens with zero attached hydrogens (tertiary/aromatic N) is 3. The van der Waals surface area contributed by atoms with E-state index in [4.69, 9.17) is 0 Å². The Hall–Kier alpha value is -2.19. The molecule has 0 fully saturated rings. The molecule has 2 aromatic rings. The van der Waals surface area contributed by atoms with Crippen molar-refractivity contribution in [2.24, 2.45) is 7.05 Å². The molecule has 1 aromatic carbocycles. The molecule has 8 heteroatoms. The van der Waals surface area contributed by atoms with Gasteiger partial charge in [0.15, 0.2) is 9.84 Å². The van der Waals surface area contributed by atoms with Crippen molar-refractivity contribution in [1.82, 2.24) is 14.7 Å². The summed E-state index contributed by atoms with van der Waals surface area (Å²) >= 11 is 0. The molecule has 0 aliphatic carbocycles. The van der Waals surface area contributed by atoms with Crippen LogP contribution >= 0.6 is 0 Å². The molecule has 0 bridgehead atoms. The fourth-order valence-corrected chi connectivity index (χ4v) is 3.15. The number of carbonyl (C=O) groups is 1. The van der Waals surface area contributed by atoms with Crippen molar-refractivity contribution in [1.29, 1.82) is 0 Å². The van der Waals surface area contributed by atoms with Gasteiger partial charge in [-0.2, -0.15) is 5.10 Å². The largest absolute Gasteiger partial charge is 0.310 e. The van der Waals surface area contributed by atoms with Crippen molar-refractivity contribution >= 4 is 21.6 Å². The van der Waals surface area contributed by atoms with Crippen molar-refractivity contribution in [3.63, 3.8) is 0 Å². The van der Waals surface area contributed by atoms with Crippen LogP contribution in [0.1, 0.15) is 24.2 Å². The molecule has 1 N–H and O–H groups in total. The second-order valence-electron chi connectivity index (χ2n) is 6.28. The van der Waals surface area contributed by atoms with Gasteiger partial charge in [-0.15, -0.1) is 0 Å². The highest BCUT2D eigenvalue weighted by atomic mass is 32.2. The summed E-state index contributed by atoms with van der Waals surface area (Å²) in [5.41, 5.74) is 1.78. The molecule has 1 aromatic heterocycles. The minimum Gasteiger partial charge on any atom is -0.310 e. The number of amides is 1. The van der Waals surface area contributed by atoms with Gasteiger partial charge in [-0.05, 0) is 38.6 Å². The number of aryl methyl sites for hydroxylation is 2.